The van der Waals surface area contributed by atoms with Gasteiger partial charge in [0.25, 0.3) is 0 Å². The number of rotatable bonds is 7. The number of nitrogens with one attached hydrogen (secondary N) is 1. The van der Waals surface area contributed by atoms with Crippen molar-refractivity contribution < 1.29 is 9.53 Å². The van der Waals surface area contributed by atoms with Crippen molar-refractivity contribution >= 4 is 17.7 Å². The predicted octanol–water partition coefficient (Wildman–Crippen LogP) is 1.53. The maximum atomic E-state index is 12.0. The Morgan fingerprint density at radius 2 is 2.11 bits per heavy atom. The Bertz CT molecular complexity index is 261. The van der Waals surface area contributed by atoms with Gasteiger partial charge in [-0.2, -0.15) is 11.8 Å². The van der Waals surface area contributed by atoms with Gasteiger partial charge in [0.15, 0.2) is 0 Å². The van der Waals surface area contributed by atoms with E-state index in [2.05, 4.69) is 25.4 Å². The number of hydrogen-bond acceptors (Lipinski definition) is 4. The molecule has 106 valence electrons. The third kappa shape index (κ3) is 3.87. The first-order valence-corrected chi connectivity index (χ1v) is 8.01. The molecule has 0 aliphatic carbocycles. The van der Waals surface area contributed by atoms with E-state index < -0.39 is 0 Å². The zero-order chi connectivity index (χ0) is 13.6. The van der Waals surface area contributed by atoms with Crippen molar-refractivity contribution in [2.24, 2.45) is 5.73 Å². The van der Waals surface area contributed by atoms with Gasteiger partial charge in [-0.05, 0) is 31.9 Å². The van der Waals surface area contributed by atoms with Crippen molar-refractivity contribution in [3.05, 3.63) is 0 Å². The van der Waals surface area contributed by atoms with Gasteiger partial charge in [-0.3, -0.25) is 4.79 Å². The van der Waals surface area contributed by atoms with Gasteiger partial charge in [0.05, 0.1) is 6.10 Å². The molecule has 0 aromatic carbocycles. The molecule has 0 aromatic rings. The summed E-state index contributed by atoms with van der Waals surface area (Å²) < 4.78 is 5.75. The molecule has 1 amide bonds. The van der Waals surface area contributed by atoms with Gasteiger partial charge in [-0.15, -0.1) is 0 Å². The molecule has 0 spiro atoms. The van der Waals surface area contributed by atoms with Crippen LogP contribution in [0.4, 0.5) is 0 Å². The van der Waals surface area contributed by atoms with E-state index in [4.69, 9.17) is 10.5 Å². The Morgan fingerprint density at radius 3 is 2.56 bits per heavy atom. The fourth-order valence-electron chi connectivity index (χ4n) is 2.29. The topological polar surface area (TPSA) is 64.4 Å². The summed E-state index contributed by atoms with van der Waals surface area (Å²) in [7, 11) is 0. The van der Waals surface area contributed by atoms with Crippen LogP contribution in [0.15, 0.2) is 0 Å². The van der Waals surface area contributed by atoms with Gasteiger partial charge in [-0.25, -0.2) is 0 Å². The number of amides is 1. The van der Waals surface area contributed by atoms with Crippen molar-refractivity contribution in [2.75, 3.05) is 19.3 Å². The Labute approximate surface area is 114 Å². The minimum absolute atomic E-state index is 0.0197. The van der Waals surface area contributed by atoms with E-state index in [0.717, 1.165) is 25.7 Å². The summed E-state index contributed by atoms with van der Waals surface area (Å²) in [6.45, 7) is 5.56. The van der Waals surface area contributed by atoms with Crippen LogP contribution in [0.2, 0.25) is 0 Å². The van der Waals surface area contributed by atoms with Crippen LogP contribution in [0.1, 0.15) is 39.5 Å². The normalized spacial score (nSPS) is 24.2. The largest absolute Gasteiger partial charge is 0.364 e. The molecule has 0 saturated carbocycles. The summed E-state index contributed by atoms with van der Waals surface area (Å²) in [5, 5.41) is 3.04. The second kappa shape index (κ2) is 7.36. The third-order valence-electron chi connectivity index (χ3n) is 3.97. The lowest BCUT2D eigenvalue weighted by atomic mass is 10.0. The first-order chi connectivity index (χ1) is 8.60. The van der Waals surface area contributed by atoms with Crippen LogP contribution in [-0.2, 0) is 9.53 Å². The maximum Gasteiger partial charge on any atom is 0.249 e. The van der Waals surface area contributed by atoms with E-state index in [1.165, 1.54) is 0 Å². The highest BCUT2D eigenvalue weighted by Gasteiger charge is 2.32. The van der Waals surface area contributed by atoms with Crippen LogP contribution in [0.5, 0.6) is 0 Å². The van der Waals surface area contributed by atoms with E-state index in [-0.39, 0.29) is 22.9 Å². The lowest BCUT2D eigenvalue weighted by molar-refractivity contribution is -0.131. The minimum Gasteiger partial charge on any atom is -0.364 e. The van der Waals surface area contributed by atoms with Crippen LogP contribution in [0.25, 0.3) is 0 Å². The molecule has 18 heavy (non-hydrogen) atoms. The average Bonchev–Trinajstić information content (AvgIpc) is 2.89. The Balaban J connectivity index is 2.41. The van der Waals surface area contributed by atoms with E-state index in [1.807, 2.05) is 11.8 Å². The van der Waals surface area contributed by atoms with Gasteiger partial charge in [-0.1, -0.05) is 13.8 Å². The van der Waals surface area contributed by atoms with Gasteiger partial charge in [0.1, 0.15) is 6.10 Å². The zero-order valence-electron chi connectivity index (χ0n) is 11.7. The molecule has 2 atom stereocenters. The molecule has 1 fully saturated rings. The number of carbonyl (C=O) groups excluding carboxylic acids is 1. The van der Waals surface area contributed by atoms with Crippen LogP contribution in [0.3, 0.4) is 0 Å². The summed E-state index contributed by atoms with van der Waals surface area (Å²) in [4.78, 5) is 12.0. The fraction of sp³-hybridized carbons (Fsp3) is 0.923. The van der Waals surface area contributed by atoms with E-state index in [0.29, 0.717) is 13.1 Å². The average molecular weight is 274 g/mol. The molecule has 5 heteroatoms. The molecule has 1 heterocycles. The summed E-state index contributed by atoms with van der Waals surface area (Å²) >= 11 is 1.83. The molecule has 0 aromatic heterocycles. The molecule has 4 nitrogen and oxygen atoms in total. The van der Waals surface area contributed by atoms with E-state index in [9.17, 15) is 4.79 Å². The van der Waals surface area contributed by atoms with Crippen LogP contribution < -0.4 is 11.1 Å². The molecular weight excluding hydrogens is 248 g/mol. The molecule has 0 radical (unpaired) electrons. The quantitative estimate of drug-likeness (QED) is 0.739. The molecule has 1 rings (SSSR count). The van der Waals surface area contributed by atoms with Crippen molar-refractivity contribution in [1.82, 2.24) is 5.32 Å². The smallest absolute Gasteiger partial charge is 0.249 e. The van der Waals surface area contributed by atoms with Gasteiger partial charge in [0, 0.05) is 17.8 Å². The van der Waals surface area contributed by atoms with Crippen molar-refractivity contribution in [3.63, 3.8) is 0 Å². The molecule has 3 N–H and O–H groups in total. The molecule has 2 unspecified atom stereocenters. The number of ether oxygens (including phenoxy) is 1. The number of hydrogen-bond donors (Lipinski definition) is 2. The highest BCUT2D eigenvalue weighted by Crippen LogP contribution is 2.29. The van der Waals surface area contributed by atoms with Crippen LogP contribution in [-0.4, -0.2) is 42.2 Å². The summed E-state index contributed by atoms with van der Waals surface area (Å²) in [5.74, 6) is 0.0197. The first-order valence-electron chi connectivity index (χ1n) is 6.79. The lowest BCUT2D eigenvalue weighted by Gasteiger charge is -2.30. The Hall–Kier alpha value is -0.260. The van der Waals surface area contributed by atoms with Crippen LogP contribution in [0, 0.1) is 0 Å². The lowest BCUT2D eigenvalue weighted by Crippen LogP contribution is -2.43. The Morgan fingerprint density at radius 1 is 1.44 bits per heavy atom. The molecule has 1 aliphatic rings. The third-order valence-corrected chi connectivity index (χ3v) is 5.56. The van der Waals surface area contributed by atoms with Crippen molar-refractivity contribution in [1.29, 1.82) is 0 Å². The van der Waals surface area contributed by atoms with E-state index >= 15 is 0 Å². The predicted molar refractivity (Wildman–Crippen MR) is 76.8 cm³/mol. The van der Waals surface area contributed by atoms with Gasteiger partial charge < -0.3 is 15.8 Å². The first kappa shape index (κ1) is 15.8. The summed E-state index contributed by atoms with van der Waals surface area (Å²) in [6, 6.07) is 0. The summed E-state index contributed by atoms with van der Waals surface area (Å²) in [5.41, 5.74) is 5.54. The molecule has 0 bridgehead atoms. The second-order valence-corrected chi connectivity index (χ2v) is 6.15. The second-order valence-electron chi connectivity index (χ2n) is 4.87. The highest BCUT2D eigenvalue weighted by molar-refractivity contribution is 8.00. The van der Waals surface area contributed by atoms with Crippen LogP contribution >= 0.6 is 11.8 Å². The monoisotopic (exact) mass is 274 g/mol. The number of thioether (sulfide) groups is 1. The standard InChI is InChI=1S/C13H26N2O2S/c1-4-13(5-2,18-3)9-15-12(16)11-7-6-10(8-14)17-11/h10-11H,4-9,14H2,1-3H3,(H,15,16). The Kier molecular flexibility index (Phi) is 6.46. The van der Waals surface area contributed by atoms with Crippen molar-refractivity contribution in [3.8, 4) is 0 Å². The SMILES string of the molecule is CCC(CC)(CNC(=O)C1CCC(CN)O1)SC. The number of nitrogens with two attached hydrogens (primary N) is 1. The molecular formula is C13H26N2O2S. The zero-order valence-corrected chi connectivity index (χ0v) is 12.5. The molecule has 1 aliphatic heterocycles. The number of carbonyl (C=O) groups is 1. The highest BCUT2D eigenvalue weighted by atomic mass is 32.2. The van der Waals surface area contributed by atoms with E-state index in [1.54, 1.807) is 0 Å². The van der Waals surface area contributed by atoms with Crippen molar-refractivity contribution in [2.45, 2.75) is 56.5 Å². The summed E-state index contributed by atoms with van der Waals surface area (Å²) in [6.07, 6.45) is 5.66. The van der Waals surface area contributed by atoms with Gasteiger partial charge >= 0.3 is 0 Å². The molecule has 1 saturated heterocycles. The maximum absolute atomic E-state index is 12.0. The minimum atomic E-state index is -0.299. The fourth-order valence-corrected chi connectivity index (χ4v) is 3.09. The van der Waals surface area contributed by atoms with Gasteiger partial charge in [0.2, 0.25) is 5.91 Å².